The largest absolute Gasteiger partial charge is 0.490 e. The van der Waals surface area contributed by atoms with Crippen LogP contribution in [0.3, 0.4) is 0 Å². The molecule has 0 saturated carbocycles. The fourth-order valence-corrected chi connectivity index (χ4v) is 2.45. The fraction of sp³-hybridized carbons (Fsp3) is 0.625. The Kier molecular flexibility index (Phi) is 6.34. The maximum absolute atomic E-state index is 10.6. The molecule has 0 bridgehead atoms. The van der Waals surface area contributed by atoms with Crippen LogP contribution in [0.4, 0.5) is 0 Å². The molecule has 1 rings (SSSR count). The summed E-state index contributed by atoms with van der Waals surface area (Å²) in [5, 5.41) is 10.6. The number of aliphatic hydroxyl groups excluding tert-OH is 1. The molecule has 114 valence electrons. The highest BCUT2D eigenvalue weighted by Gasteiger charge is 2.29. The maximum Gasteiger partial charge on any atom is 0.162 e. The van der Waals surface area contributed by atoms with E-state index in [2.05, 4.69) is 36.7 Å². The van der Waals surface area contributed by atoms with Crippen molar-refractivity contribution < 1.29 is 14.6 Å². The van der Waals surface area contributed by atoms with Crippen molar-refractivity contribution in [3.63, 3.8) is 0 Å². The fourth-order valence-electron chi connectivity index (χ4n) is 1.91. The van der Waals surface area contributed by atoms with E-state index in [0.717, 1.165) is 16.5 Å². The van der Waals surface area contributed by atoms with E-state index < -0.39 is 6.10 Å². The number of ether oxygens (including phenoxy) is 2. The zero-order chi connectivity index (χ0) is 15.3. The Bertz CT molecular complexity index is 444. The van der Waals surface area contributed by atoms with E-state index in [9.17, 15) is 5.11 Å². The van der Waals surface area contributed by atoms with Crippen LogP contribution in [0.15, 0.2) is 16.6 Å². The van der Waals surface area contributed by atoms with Gasteiger partial charge in [-0.05, 0) is 43.4 Å². The lowest BCUT2D eigenvalue weighted by molar-refractivity contribution is 0.0457. The predicted octanol–water partition coefficient (Wildman–Crippen LogP) is 4.72. The van der Waals surface area contributed by atoms with E-state index in [1.54, 1.807) is 0 Å². The molecule has 20 heavy (non-hydrogen) atoms. The van der Waals surface area contributed by atoms with Crippen molar-refractivity contribution in [3.05, 3.63) is 22.2 Å². The molecule has 1 aromatic carbocycles. The summed E-state index contributed by atoms with van der Waals surface area (Å²) in [7, 11) is 0. The van der Waals surface area contributed by atoms with Gasteiger partial charge < -0.3 is 14.6 Å². The summed E-state index contributed by atoms with van der Waals surface area (Å²) >= 11 is 3.53. The predicted molar refractivity (Wildman–Crippen MR) is 85.5 cm³/mol. The molecule has 1 aromatic rings. The molecule has 0 radical (unpaired) electrons. The first kappa shape index (κ1) is 17.3. The summed E-state index contributed by atoms with van der Waals surface area (Å²) in [6.07, 6.45) is 0.328. The molecule has 1 N–H and O–H groups in total. The molecule has 1 atom stereocenters. The van der Waals surface area contributed by atoms with Crippen molar-refractivity contribution in [2.75, 3.05) is 13.2 Å². The quantitative estimate of drug-likeness (QED) is 0.777. The van der Waals surface area contributed by atoms with Crippen LogP contribution in [-0.2, 0) is 0 Å². The average Bonchev–Trinajstić information content (AvgIpc) is 2.41. The molecule has 0 fully saturated rings. The van der Waals surface area contributed by atoms with Gasteiger partial charge in [-0.2, -0.15) is 0 Å². The third-order valence-electron chi connectivity index (χ3n) is 3.61. The molecule has 3 nitrogen and oxygen atoms in total. The normalized spacial score (nSPS) is 13.2. The van der Waals surface area contributed by atoms with Crippen LogP contribution < -0.4 is 9.47 Å². The van der Waals surface area contributed by atoms with Gasteiger partial charge in [-0.15, -0.1) is 0 Å². The van der Waals surface area contributed by atoms with Crippen molar-refractivity contribution in [2.24, 2.45) is 5.41 Å². The van der Waals surface area contributed by atoms with Gasteiger partial charge in [0.1, 0.15) is 0 Å². The van der Waals surface area contributed by atoms with Crippen LogP contribution in [0, 0.1) is 5.41 Å². The van der Waals surface area contributed by atoms with Crippen LogP contribution in [0.25, 0.3) is 0 Å². The number of rotatable bonds is 7. The van der Waals surface area contributed by atoms with Gasteiger partial charge >= 0.3 is 0 Å². The summed E-state index contributed by atoms with van der Waals surface area (Å²) in [4.78, 5) is 0. The summed E-state index contributed by atoms with van der Waals surface area (Å²) in [6, 6.07) is 3.75. The Balaban J connectivity index is 3.24. The van der Waals surface area contributed by atoms with E-state index in [4.69, 9.17) is 9.47 Å². The number of hydrogen-bond donors (Lipinski definition) is 1. The van der Waals surface area contributed by atoms with Gasteiger partial charge in [-0.1, -0.05) is 36.7 Å². The molecular weight excluding hydrogens is 320 g/mol. The third-order valence-corrected chi connectivity index (χ3v) is 4.30. The van der Waals surface area contributed by atoms with Gasteiger partial charge in [0.15, 0.2) is 11.5 Å². The van der Waals surface area contributed by atoms with Crippen molar-refractivity contribution in [1.29, 1.82) is 0 Å². The number of halogens is 1. The Morgan fingerprint density at radius 2 is 1.60 bits per heavy atom. The first-order valence-corrected chi connectivity index (χ1v) is 7.93. The first-order chi connectivity index (χ1) is 9.37. The molecule has 4 heteroatoms. The van der Waals surface area contributed by atoms with Gasteiger partial charge in [0.25, 0.3) is 0 Å². The van der Waals surface area contributed by atoms with Crippen molar-refractivity contribution >= 4 is 15.9 Å². The van der Waals surface area contributed by atoms with Crippen LogP contribution in [0.1, 0.15) is 52.7 Å². The Morgan fingerprint density at radius 1 is 1.10 bits per heavy atom. The number of aliphatic hydroxyl groups is 1. The van der Waals surface area contributed by atoms with Crippen molar-refractivity contribution in [1.82, 2.24) is 0 Å². The summed E-state index contributed by atoms with van der Waals surface area (Å²) < 4.78 is 12.1. The van der Waals surface area contributed by atoms with E-state index >= 15 is 0 Å². The third kappa shape index (κ3) is 3.89. The monoisotopic (exact) mass is 344 g/mol. The highest BCUT2D eigenvalue weighted by Crippen LogP contribution is 2.43. The highest BCUT2D eigenvalue weighted by molar-refractivity contribution is 9.10. The van der Waals surface area contributed by atoms with Gasteiger partial charge in [-0.25, -0.2) is 0 Å². The van der Waals surface area contributed by atoms with Crippen molar-refractivity contribution in [3.8, 4) is 11.5 Å². The summed E-state index contributed by atoms with van der Waals surface area (Å²) in [5.41, 5.74) is 0.642. The van der Waals surface area contributed by atoms with E-state index in [1.165, 1.54) is 0 Å². The van der Waals surface area contributed by atoms with Crippen LogP contribution >= 0.6 is 15.9 Å². The first-order valence-electron chi connectivity index (χ1n) is 7.14. The minimum absolute atomic E-state index is 0.195. The van der Waals surface area contributed by atoms with E-state index in [0.29, 0.717) is 24.7 Å². The smallest absolute Gasteiger partial charge is 0.162 e. The van der Waals surface area contributed by atoms with Gasteiger partial charge in [-0.3, -0.25) is 0 Å². The standard InChI is InChI=1S/C16H25BrO3/c1-6-16(4,5)15(18)11-9-13(19-7-2)14(20-8-3)10-12(11)17/h9-10,15,18H,6-8H2,1-5H3. The zero-order valence-electron chi connectivity index (χ0n) is 13.0. The highest BCUT2D eigenvalue weighted by atomic mass is 79.9. The molecule has 0 aliphatic carbocycles. The van der Waals surface area contributed by atoms with Crippen LogP contribution in [0.5, 0.6) is 11.5 Å². The van der Waals surface area contributed by atoms with Crippen LogP contribution in [-0.4, -0.2) is 18.3 Å². The topological polar surface area (TPSA) is 38.7 Å². The molecule has 0 amide bonds. The maximum atomic E-state index is 10.6. The lowest BCUT2D eigenvalue weighted by Crippen LogP contribution is -2.21. The van der Waals surface area contributed by atoms with E-state index in [1.807, 2.05) is 26.0 Å². The Labute approximate surface area is 130 Å². The molecule has 0 heterocycles. The molecule has 0 aliphatic rings. The molecule has 0 saturated heterocycles. The zero-order valence-corrected chi connectivity index (χ0v) is 14.6. The number of benzene rings is 1. The lowest BCUT2D eigenvalue weighted by atomic mass is 9.80. The van der Waals surface area contributed by atoms with E-state index in [-0.39, 0.29) is 5.41 Å². The van der Waals surface area contributed by atoms with Gasteiger partial charge in [0.05, 0.1) is 19.3 Å². The summed E-state index contributed by atoms with van der Waals surface area (Å²) in [5.74, 6) is 1.38. The molecule has 0 spiro atoms. The molecular formula is C16H25BrO3. The number of hydrogen-bond acceptors (Lipinski definition) is 3. The molecule has 1 unspecified atom stereocenters. The van der Waals surface area contributed by atoms with Gasteiger partial charge in [0.2, 0.25) is 0 Å². The van der Waals surface area contributed by atoms with Gasteiger partial charge in [0, 0.05) is 4.47 Å². The second kappa shape index (κ2) is 7.32. The lowest BCUT2D eigenvalue weighted by Gasteiger charge is -2.30. The van der Waals surface area contributed by atoms with Crippen molar-refractivity contribution in [2.45, 2.75) is 47.1 Å². The summed E-state index contributed by atoms with van der Waals surface area (Å²) in [6.45, 7) is 11.2. The average molecular weight is 345 g/mol. The minimum Gasteiger partial charge on any atom is -0.490 e. The second-order valence-corrected chi connectivity index (χ2v) is 6.29. The minimum atomic E-state index is -0.559. The molecule has 0 aliphatic heterocycles. The second-order valence-electron chi connectivity index (χ2n) is 5.43. The Hall–Kier alpha value is -0.740. The van der Waals surface area contributed by atoms with Crippen LogP contribution in [0.2, 0.25) is 0 Å². The Morgan fingerprint density at radius 3 is 2.05 bits per heavy atom. The SMILES string of the molecule is CCOc1cc(Br)c(C(O)C(C)(C)CC)cc1OCC. The molecule has 0 aromatic heterocycles.